The smallest absolute Gasteiger partial charge is 0.245 e. The van der Waals surface area contributed by atoms with E-state index in [1.165, 1.54) is 18.2 Å². The Morgan fingerprint density at radius 2 is 1.35 bits per heavy atom. The number of para-hydroxylation sites is 1. The molecule has 7 rings (SSSR count). The Bertz CT molecular complexity index is 2150. The summed E-state index contributed by atoms with van der Waals surface area (Å²) in [6, 6.07) is 11.1. The van der Waals surface area contributed by atoms with Gasteiger partial charge >= 0.3 is 0 Å². The molecule has 2 saturated carbocycles. The number of benzene rings is 2. The number of aromatic nitrogens is 1. The lowest BCUT2D eigenvalue weighted by atomic mass is 9.84. The number of fused-ring (bicyclic) bond motifs is 2. The Morgan fingerprint density at radius 3 is 2.09 bits per heavy atom. The van der Waals surface area contributed by atoms with E-state index in [4.69, 9.17) is 0 Å². The van der Waals surface area contributed by atoms with E-state index in [1.807, 2.05) is 60.8 Å². The SMILES string of the molecule is CC(=O)N[C@@H](Cc1ccccc1)C(=O)N[C@H]1CCCNC(=O)[C@H](CCC2CCCCC2)NC(=O)[C@H](Cc2c[nH]c3ccccc23)NC(=O)[C@@H](CC2CCCCC2)NC(=O)[C@@H]2CCCN2C1=O. The summed E-state index contributed by atoms with van der Waals surface area (Å²) in [5.41, 5.74) is 2.54. The molecule has 7 amide bonds. The maximum atomic E-state index is 14.7. The zero-order valence-corrected chi connectivity index (χ0v) is 38.5. The van der Waals surface area contributed by atoms with Gasteiger partial charge in [0.1, 0.15) is 36.3 Å². The molecule has 4 fully saturated rings. The second kappa shape index (κ2) is 23.6. The van der Waals surface area contributed by atoms with Crippen LogP contribution in [0.15, 0.2) is 60.8 Å². The molecule has 15 heteroatoms. The summed E-state index contributed by atoms with van der Waals surface area (Å²) >= 11 is 0. The van der Waals surface area contributed by atoms with E-state index >= 15 is 0 Å². The van der Waals surface area contributed by atoms with E-state index in [-0.39, 0.29) is 44.2 Å². The number of carbonyl (C=O) groups is 7. The van der Waals surface area contributed by atoms with Crippen molar-refractivity contribution in [2.45, 2.75) is 165 Å². The lowest BCUT2D eigenvalue weighted by Gasteiger charge is -2.32. The van der Waals surface area contributed by atoms with Crippen molar-refractivity contribution in [1.29, 1.82) is 0 Å². The third-order valence-electron chi connectivity index (χ3n) is 14.3. The summed E-state index contributed by atoms with van der Waals surface area (Å²) in [5.74, 6) is -2.58. The minimum absolute atomic E-state index is 0.131. The Morgan fingerprint density at radius 1 is 0.682 bits per heavy atom. The van der Waals surface area contributed by atoms with Gasteiger partial charge in [0.25, 0.3) is 0 Å². The molecular formula is C51H70N8O7. The zero-order valence-electron chi connectivity index (χ0n) is 38.5. The van der Waals surface area contributed by atoms with Crippen LogP contribution in [0.4, 0.5) is 0 Å². The first-order valence-electron chi connectivity index (χ1n) is 24.7. The molecule has 2 aliphatic carbocycles. The van der Waals surface area contributed by atoms with Crippen molar-refractivity contribution < 1.29 is 33.6 Å². The number of carbonyl (C=O) groups excluding carboxylic acids is 7. The summed E-state index contributed by atoms with van der Waals surface area (Å²) in [5, 5.41) is 18.7. The van der Waals surface area contributed by atoms with Gasteiger partial charge < -0.3 is 41.8 Å². The number of nitrogens with zero attached hydrogens (tertiary/aromatic N) is 1. The maximum absolute atomic E-state index is 14.7. The topological polar surface area (TPSA) is 211 Å². The van der Waals surface area contributed by atoms with Crippen LogP contribution in [-0.4, -0.2) is 101 Å². The standard InChI is InChI=1S/C51H70N8O7/c1-33(60)54-42(29-35-17-7-3-8-18-35)47(62)56-41-23-13-27-52-46(61)40(26-25-34-15-5-2-6-16-34)55-49(64)44(31-37-32-53-39-22-12-11-21-38(37)39)57-48(63)43(30-36-19-9-4-10-20-36)58-50(65)45-24-14-28-59(45)51(41)66/h3,7-8,11-12,17-18,21-22,32,34,36,40-45,53H,2,4-6,9-10,13-16,19-20,23-31H2,1H3,(H,52,61)(H,54,60)(H,55,64)(H,56,62)(H,57,63)(H,58,65)/t40-,41-,42-,43+,44-,45-/m0/s1. The molecule has 0 bridgehead atoms. The molecule has 2 aliphatic heterocycles. The van der Waals surface area contributed by atoms with Crippen LogP contribution in [0.1, 0.15) is 127 Å². The molecule has 0 unspecified atom stereocenters. The average Bonchev–Trinajstić information content (AvgIpc) is 3.99. The van der Waals surface area contributed by atoms with Gasteiger partial charge in [-0.05, 0) is 74.0 Å². The van der Waals surface area contributed by atoms with Gasteiger partial charge in [0.15, 0.2) is 0 Å². The minimum atomic E-state index is -1.08. The Labute approximate surface area is 388 Å². The van der Waals surface area contributed by atoms with E-state index in [0.717, 1.165) is 86.2 Å². The summed E-state index contributed by atoms with van der Waals surface area (Å²) in [6.45, 7) is 1.75. The molecule has 3 aromatic rings. The molecule has 6 atom stereocenters. The van der Waals surface area contributed by atoms with Crippen molar-refractivity contribution in [1.82, 2.24) is 41.8 Å². The van der Waals surface area contributed by atoms with Crippen LogP contribution in [0.25, 0.3) is 10.9 Å². The van der Waals surface area contributed by atoms with Gasteiger partial charge in [-0.15, -0.1) is 0 Å². The fourth-order valence-corrected chi connectivity index (χ4v) is 10.7. The monoisotopic (exact) mass is 907 g/mol. The van der Waals surface area contributed by atoms with Gasteiger partial charge in [-0.3, -0.25) is 33.6 Å². The van der Waals surface area contributed by atoms with Gasteiger partial charge in [-0.1, -0.05) is 113 Å². The maximum Gasteiger partial charge on any atom is 0.245 e. The number of nitrogens with one attached hydrogen (secondary N) is 7. The van der Waals surface area contributed by atoms with Gasteiger partial charge in [0.2, 0.25) is 41.4 Å². The third kappa shape index (κ3) is 13.2. The second-order valence-corrected chi connectivity index (χ2v) is 19.2. The van der Waals surface area contributed by atoms with Crippen LogP contribution >= 0.6 is 0 Å². The Hall–Kier alpha value is -5.73. The molecule has 3 heterocycles. The van der Waals surface area contributed by atoms with Gasteiger partial charge in [0, 0.05) is 50.0 Å². The highest BCUT2D eigenvalue weighted by Gasteiger charge is 2.41. The number of hydrogen-bond donors (Lipinski definition) is 7. The molecule has 0 spiro atoms. The highest BCUT2D eigenvalue weighted by atomic mass is 16.2. The molecule has 4 aliphatic rings. The number of amides is 7. The highest BCUT2D eigenvalue weighted by Crippen LogP contribution is 2.30. The van der Waals surface area contributed by atoms with Crippen molar-refractivity contribution >= 4 is 52.3 Å². The Balaban J connectivity index is 1.18. The minimum Gasteiger partial charge on any atom is -0.361 e. The molecule has 2 saturated heterocycles. The molecule has 1 aromatic heterocycles. The lowest BCUT2D eigenvalue weighted by molar-refractivity contribution is -0.142. The Kier molecular flexibility index (Phi) is 17.3. The van der Waals surface area contributed by atoms with E-state index in [1.54, 1.807) is 0 Å². The molecule has 356 valence electrons. The van der Waals surface area contributed by atoms with Crippen molar-refractivity contribution in [3.05, 3.63) is 71.9 Å². The number of rotatable bonds is 12. The van der Waals surface area contributed by atoms with Crippen LogP contribution in [-0.2, 0) is 46.4 Å². The van der Waals surface area contributed by atoms with E-state index < -0.39 is 71.7 Å². The van der Waals surface area contributed by atoms with Crippen LogP contribution in [0.2, 0.25) is 0 Å². The van der Waals surface area contributed by atoms with Crippen LogP contribution in [0.5, 0.6) is 0 Å². The van der Waals surface area contributed by atoms with Crippen molar-refractivity contribution in [2.75, 3.05) is 13.1 Å². The quantitative estimate of drug-likeness (QED) is 0.137. The fraction of sp³-hybridized carbons (Fsp3) is 0.588. The number of aromatic amines is 1. The first-order valence-corrected chi connectivity index (χ1v) is 24.7. The van der Waals surface area contributed by atoms with Crippen molar-refractivity contribution in [3.8, 4) is 0 Å². The largest absolute Gasteiger partial charge is 0.361 e. The number of hydrogen-bond acceptors (Lipinski definition) is 7. The summed E-state index contributed by atoms with van der Waals surface area (Å²) in [4.78, 5) is 104. The first kappa shape index (κ1) is 48.2. The van der Waals surface area contributed by atoms with Crippen LogP contribution < -0.4 is 31.9 Å². The van der Waals surface area contributed by atoms with Gasteiger partial charge in [-0.25, -0.2) is 0 Å². The normalized spacial score (nSPS) is 25.1. The molecule has 66 heavy (non-hydrogen) atoms. The zero-order chi connectivity index (χ0) is 46.4. The molecular weight excluding hydrogens is 837 g/mol. The molecule has 15 nitrogen and oxygen atoms in total. The van der Waals surface area contributed by atoms with Crippen LogP contribution in [0.3, 0.4) is 0 Å². The van der Waals surface area contributed by atoms with Gasteiger partial charge in [-0.2, -0.15) is 0 Å². The summed E-state index contributed by atoms with van der Waals surface area (Å²) in [6.07, 6.45) is 15.6. The summed E-state index contributed by atoms with van der Waals surface area (Å²) < 4.78 is 0. The van der Waals surface area contributed by atoms with E-state index in [0.29, 0.717) is 38.0 Å². The predicted molar refractivity (Wildman–Crippen MR) is 251 cm³/mol. The van der Waals surface area contributed by atoms with Crippen molar-refractivity contribution in [3.63, 3.8) is 0 Å². The van der Waals surface area contributed by atoms with Crippen molar-refractivity contribution in [2.24, 2.45) is 11.8 Å². The predicted octanol–water partition coefficient (Wildman–Crippen LogP) is 4.63. The highest BCUT2D eigenvalue weighted by molar-refractivity contribution is 5.98. The fourth-order valence-electron chi connectivity index (χ4n) is 10.7. The number of H-pyrrole nitrogens is 1. The lowest BCUT2D eigenvalue weighted by Crippen LogP contribution is -2.60. The summed E-state index contributed by atoms with van der Waals surface area (Å²) in [7, 11) is 0. The second-order valence-electron chi connectivity index (χ2n) is 19.2. The van der Waals surface area contributed by atoms with Gasteiger partial charge in [0.05, 0.1) is 0 Å². The molecule has 2 aromatic carbocycles. The first-order chi connectivity index (χ1) is 32.0. The average molecular weight is 907 g/mol. The van der Waals surface area contributed by atoms with E-state index in [2.05, 4.69) is 36.9 Å². The molecule has 7 N–H and O–H groups in total. The third-order valence-corrected chi connectivity index (χ3v) is 14.3. The van der Waals surface area contributed by atoms with E-state index in [9.17, 15) is 33.6 Å². The molecule has 0 radical (unpaired) electrons. The van der Waals surface area contributed by atoms with Crippen LogP contribution in [0, 0.1) is 11.8 Å².